The molecular formula is C18H18F2N8O2S. The number of piperazine rings is 1. The molecule has 3 heterocycles. The molecule has 4 rings (SSSR count). The quantitative estimate of drug-likeness (QED) is 0.609. The molecule has 31 heavy (non-hydrogen) atoms. The normalized spacial score (nSPS) is 13.9. The number of ether oxygens (including phenoxy) is 1. The molecule has 2 aromatic heterocycles. The molecule has 0 aliphatic carbocycles. The molecular weight excluding hydrogens is 430 g/mol. The number of nitrogens with one attached hydrogen (secondary N) is 1. The second-order valence-corrected chi connectivity index (χ2v) is 7.15. The molecule has 1 saturated heterocycles. The summed E-state index contributed by atoms with van der Waals surface area (Å²) >= 11 is 1.03. The van der Waals surface area contributed by atoms with E-state index >= 15 is 0 Å². The molecule has 162 valence electrons. The minimum absolute atomic E-state index is 0.163. The van der Waals surface area contributed by atoms with Crippen molar-refractivity contribution >= 4 is 35.2 Å². The number of urea groups is 1. The Hall–Kier alpha value is -3.61. The Balaban J connectivity index is 1.32. The van der Waals surface area contributed by atoms with Crippen molar-refractivity contribution in [2.75, 3.05) is 42.1 Å². The molecule has 1 aliphatic heterocycles. The highest BCUT2D eigenvalue weighted by atomic mass is 32.1. The Bertz CT molecular complexity index is 1070. The van der Waals surface area contributed by atoms with Crippen LogP contribution in [0.4, 0.5) is 31.0 Å². The van der Waals surface area contributed by atoms with E-state index in [1.807, 2.05) is 4.90 Å². The predicted octanol–water partition coefficient (Wildman–Crippen LogP) is 2.12. The van der Waals surface area contributed by atoms with E-state index in [1.54, 1.807) is 17.2 Å². The molecule has 0 spiro atoms. The van der Waals surface area contributed by atoms with Crippen molar-refractivity contribution in [3.63, 3.8) is 0 Å². The summed E-state index contributed by atoms with van der Waals surface area (Å²) in [5, 5.41) is 2.57. The molecule has 0 bridgehead atoms. The third kappa shape index (κ3) is 4.94. The molecule has 0 atom stereocenters. The first-order valence-corrected chi connectivity index (χ1v) is 10.0. The first kappa shape index (κ1) is 20.7. The molecule has 2 amide bonds. The monoisotopic (exact) mass is 448 g/mol. The van der Waals surface area contributed by atoms with Gasteiger partial charge in [-0.1, -0.05) is 0 Å². The highest BCUT2D eigenvalue weighted by molar-refractivity contribution is 6.99. The Morgan fingerprint density at radius 2 is 1.97 bits per heavy atom. The van der Waals surface area contributed by atoms with Crippen LogP contribution in [-0.2, 0) is 6.61 Å². The van der Waals surface area contributed by atoms with E-state index in [0.717, 1.165) is 23.9 Å². The number of halogens is 2. The summed E-state index contributed by atoms with van der Waals surface area (Å²) in [7, 11) is 0. The van der Waals surface area contributed by atoms with Gasteiger partial charge in [0.1, 0.15) is 6.61 Å². The number of nitrogen functional groups attached to an aromatic ring is 1. The number of aromatic nitrogens is 4. The van der Waals surface area contributed by atoms with Gasteiger partial charge in [0, 0.05) is 44.1 Å². The van der Waals surface area contributed by atoms with E-state index < -0.39 is 11.6 Å². The number of rotatable bonds is 5. The molecule has 0 radical (unpaired) electrons. The smallest absolute Gasteiger partial charge is 0.321 e. The molecule has 1 aliphatic rings. The van der Waals surface area contributed by atoms with Gasteiger partial charge in [0.25, 0.3) is 5.88 Å². The summed E-state index contributed by atoms with van der Waals surface area (Å²) in [4.78, 5) is 23.9. The number of benzene rings is 1. The Kier molecular flexibility index (Phi) is 6.02. The van der Waals surface area contributed by atoms with Crippen molar-refractivity contribution in [2.45, 2.75) is 6.61 Å². The van der Waals surface area contributed by atoms with Gasteiger partial charge in [-0.25, -0.2) is 23.5 Å². The number of carbonyl (C=O) groups excluding carboxylic acids is 1. The fourth-order valence-electron chi connectivity index (χ4n) is 2.99. The summed E-state index contributed by atoms with van der Waals surface area (Å²) in [5.41, 5.74) is 6.38. The van der Waals surface area contributed by atoms with Crippen LogP contribution in [0.15, 0.2) is 30.5 Å². The van der Waals surface area contributed by atoms with E-state index in [9.17, 15) is 13.6 Å². The van der Waals surface area contributed by atoms with Crippen LogP contribution in [0.3, 0.4) is 0 Å². The molecule has 0 saturated carbocycles. The molecule has 1 fully saturated rings. The van der Waals surface area contributed by atoms with Gasteiger partial charge in [-0.05, 0) is 18.2 Å². The molecule has 13 heteroatoms. The summed E-state index contributed by atoms with van der Waals surface area (Å²) in [6.45, 7) is 2.01. The van der Waals surface area contributed by atoms with Crippen molar-refractivity contribution in [3.8, 4) is 5.88 Å². The molecule has 1 aromatic carbocycles. The van der Waals surface area contributed by atoms with Gasteiger partial charge in [-0.2, -0.15) is 4.37 Å². The van der Waals surface area contributed by atoms with Crippen LogP contribution in [0.5, 0.6) is 5.88 Å². The summed E-state index contributed by atoms with van der Waals surface area (Å²) in [5.74, 6) is -0.856. The lowest BCUT2D eigenvalue weighted by Crippen LogP contribution is -2.50. The van der Waals surface area contributed by atoms with E-state index in [0.29, 0.717) is 43.6 Å². The lowest BCUT2D eigenvalue weighted by atomic mass is 10.3. The van der Waals surface area contributed by atoms with Crippen molar-refractivity contribution in [1.82, 2.24) is 23.6 Å². The maximum atomic E-state index is 13.3. The van der Waals surface area contributed by atoms with Crippen LogP contribution in [0.1, 0.15) is 5.69 Å². The Morgan fingerprint density at radius 1 is 1.16 bits per heavy atom. The largest absolute Gasteiger partial charge is 0.468 e. The van der Waals surface area contributed by atoms with E-state index in [-0.39, 0.29) is 24.3 Å². The number of hydrogen-bond acceptors (Lipinski definition) is 9. The second kappa shape index (κ2) is 9.04. The van der Waals surface area contributed by atoms with Crippen LogP contribution >= 0.6 is 11.7 Å². The van der Waals surface area contributed by atoms with Crippen LogP contribution in [0, 0.1) is 11.6 Å². The molecule has 3 N–H and O–H groups in total. The zero-order chi connectivity index (χ0) is 21.8. The number of nitrogens with two attached hydrogens (primary N) is 1. The average Bonchev–Trinajstić information content (AvgIpc) is 3.24. The maximum absolute atomic E-state index is 13.3. The second-order valence-electron chi connectivity index (χ2n) is 6.62. The molecule has 10 nitrogen and oxygen atoms in total. The summed E-state index contributed by atoms with van der Waals surface area (Å²) in [6.07, 6.45) is 1.55. The summed E-state index contributed by atoms with van der Waals surface area (Å²) in [6, 6.07) is 4.53. The van der Waals surface area contributed by atoms with Crippen molar-refractivity contribution in [3.05, 3.63) is 47.8 Å². The number of amides is 2. The molecule has 0 unspecified atom stereocenters. The number of anilines is 3. The zero-order valence-corrected chi connectivity index (χ0v) is 17.0. The fraction of sp³-hybridized carbons (Fsp3) is 0.278. The lowest BCUT2D eigenvalue weighted by Gasteiger charge is -2.34. The molecule has 3 aromatic rings. The highest BCUT2D eigenvalue weighted by Crippen LogP contribution is 2.27. The topological polar surface area (TPSA) is 122 Å². The number of hydrogen-bond donors (Lipinski definition) is 2. The van der Waals surface area contributed by atoms with Gasteiger partial charge < -0.3 is 25.6 Å². The summed E-state index contributed by atoms with van der Waals surface area (Å²) < 4.78 is 40.6. The first-order chi connectivity index (χ1) is 15.0. The predicted molar refractivity (Wildman–Crippen MR) is 110 cm³/mol. The lowest BCUT2D eigenvalue weighted by molar-refractivity contribution is 0.208. The van der Waals surface area contributed by atoms with Crippen LogP contribution < -0.4 is 20.7 Å². The fourth-order valence-corrected chi connectivity index (χ4v) is 3.51. The van der Waals surface area contributed by atoms with Gasteiger partial charge in [0.2, 0.25) is 11.8 Å². The Labute approximate surface area is 180 Å². The number of carbonyl (C=O) groups is 1. The Morgan fingerprint density at radius 3 is 2.71 bits per heavy atom. The third-order valence-electron chi connectivity index (χ3n) is 4.57. The van der Waals surface area contributed by atoms with Crippen LogP contribution in [-0.4, -0.2) is 55.8 Å². The standard InChI is InChI=1S/C18H18F2N8O2S/c19-13-2-1-11(9-14(13)20)24-18(29)28-7-5-27(6-8-28)15-16(26-31-25-15)30-10-12-3-4-22-17(21)23-12/h1-4,9H,5-8,10H2,(H,24,29)(H2,21,22,23). The minimum Gasteiger partial charge on any atom is -0.468 e. The van der Waals surface area contributed by atoms with E-state index in [4.69, 9.17) is 10.5 Å². The van der Waals surface area contributed by atoms with Gasteiger partial charge in [0.05, 0.1) is 17.4 Å². The van der Waals surface area contributed by atoms with E-state index in [1.165, 1.54) is 6.07 Å². The minimum atomic E-state index is -1.02. The number of nitrogens with zero attached hydrogens (tertiary/aromatic N) is 6. The zero-order valence-electron chi connectivity index (χ0n) is 16.2. The van der Waals surface area contributed by atoms with Gasteiger partial charge >= 0.3 is 6.03 Å². The average molecular weight is 448 g/mol. The third-order valence-corrected chi connectivity index (χ3v) is 5.07. The van der Waals surface area contributed by atoms with E-state index in [2.05, 4.69) is 24.0 Å². The highest BCUT2D eigenvalue weighted by Gasteiger charge is 2.25. The van der Waals surface area contributed by atoms with Gasteiger partial charge in [-0.15, -0.1) is 4.37 Å². The SMILES string of the molecule is Nc1nccc(COc2nsnc2N2CCN(C(=O)Nc3ccc(F)c(F)c3)CC2)n1. The first-order valence-electron chi connectivity index (χ1n) is 9.28. The van der Waals surface area contributed by atoms with Crippen molar-refractivity contribution < 1.29 is 18.3 Å². The maximum Gasteiger partial charge on any atom is 0.321 e. The van der Waals surface area contributed by atoms with Crippen molar-refractivity contribution in [1.29, 1.82) is 0 Å². The van der Waals surface area contributed by atoms with Crippen LogP contribution in [0.25, 0.3) is 0 Å². The van der Waals surface area contributed by atoms with Gasteiger partial charge in [-0.3, -0.25) is 0 Å². The van der Waals surface area contributed by atoms with Crippen molar-refractivity contribution in [2.24, 2.45) is 0 Å². The van der Waals surface area contributed by atoms with Gasteiger partial charge in [0.15, 0.2) is 11.6 Å². The van der Waals surface area contributed by atoms with Crippen LogP contribution in [0.2, 0.25) is 0 Å².